The van der Waals surface area contributed by atoms with Crippen LogP contribution in [-0.2, 0) is 4.74 Å². The van der Waals surface area contributed by atoms with Crippen LogP contribution in [0.25, 0.3) is 10.9 Å². The van der Waals surface area contributed by atoms with Crippen LogP contribution in [0, 0.1) is 11.5 Å². The zero-order valence-corrected chi connectivity index (χ0v) is 19.8. The number of rotatable bonds is 3. The van der Waals surface area contributed by atoms with Crippen LogP contribution in [0.5, 0.6) is 0 Å². The van der Waals surface area contributed by atoms with Gasteiger partial charge in [-0.2, -0.15) is 9.78 Å². The summed E-state index contributed by atoms with van der Waals surface area (Å²) in [6, 6.07) is 5.82. The summed E-state index contributed by atoms with van der Waals surface area (Å²) in [5.41, 5.74) is 6.56. The molecule has 0 saturated heterocycles. The number of ether oxygens (including phenoxy) is 1. The second-order valence-electron chi connectivity index (χ2n) is 9.42. The zero-order chi connectivity index (χ0) is 21.3. The Hall–Kier alpha value is -2.06. The van der Waals surface area contributed by atoms with Crippen LogP contribution in [-0.4, -0.2) is 29.5 Å². The summed E-state index contributed by atoms with van der Waals surface area (Å²) < 4.78 is 6.79. The van der Waals surface area contributed by atoms with Crippen molar-refractivity contribution in [3.63, 3.8) is 0 Å². The Morgan fingerprint density at radius 3 is 2.14 bits per heavy atom. The predicted molar refractivity (Wildman–Crippen MR) is 119 cm³/mol. The third-order valence-corrected chi connectivity index (χ3v) is 11.7. The quantitative estimate of drug-likeness (QED) is 0.444. The molecule has 0 atom stereocenters. The molecule has 5 heteroatoms. The lowest BCUT2D eigenvalue weighted by molar-refractivity contribution is 0.0523. The summed E-state index contributed by atoms with van der Waals surface area (Å²) in [5, 5.41) is 5.16. The predicted octanol–water partition coefficient (Wildman–Crippen LogP) is 6.39. The lowest BCUT2D eigenvalue weighted by Crippen LogP contribution is -2.43. The summed E-state index contributed by atoms with van der Waals surface area (Å²) in [6.07, 6.45) is 1.25. The Morgan fingerprint density at radius 2 is 1.64 bits per heavy atom. The molecule has 0 bridgehead atoms. The van der Waals surface area contributed by atoms with E-state index in [1.807, 2.05) is 39.0 Å². The smallest absolute Gasteiger partial charge is 0.435 e. The second-order valence-corrected chi connectivity index (χ2v) is 15.0. The van der Waals surface area contributed by atoms with Crippen LogP contribution in [0.4, 0.5) is 4.79 Å². The Bertz CT molecular complexity index is 886. The highest BCUT2D eigenvalue weighted by atomic mass is 28.3. The molecule has 2 rings (SSSR count). The van der Waals surface area contributed by atoms with Gasteiger partial charge in [-0.05, 0) is 49.5 Å². The van der Waals surface area contributed by atoms with Gasteiger partial charge in [-0.25, -0.2) is 4.79 Å². The van der Waals surface area contributed by atoms with Crippen molar-refractivity contribution in [3.8, 4) is 11.5 Å². The standard InChI is InChI=1S/C23H34N2O2Si/c1-16(2)28(17(3)4,18(5)6)14-13-19-11-10-12-21-20(19)15-24-25(21)22(26)27-23(7,8)9/h10-12,15-18H,1-9H3. The highest BCUT2D eigenvalue weighted by Gasteiger charge is 2.41. The Labute approximate surface area is 170 Å². The van der Waals surface area contributed by atoms with E-state index in [2.05, 4.69) is 58.1 Å². The minimum atomic E-state index is -1.82. The summed E-state index contributed by atoms with van der Waals surface area (Å²) >= 11 is 0. The normalized spacial score (nSPS) is 12.6. The third kappa shape index (κ3) is 4.33. The molecule has 2 aromatic rings. The molecule has 28 heavy (non-hydrogen) atoms. The van der Waals surface area contributed by atoms with Crippen LogP contribution in [0.15, 0.2) is 24.4 Å². The third-order valence-electron chi connectivity index (χ3n) is 5.46. The van der Waals surface area contributed by atoms with Gasteiger partial charge in [0.05, 0.1) is 11.7 Å². The SMILES string of the molecule is CC(C)[Si](C#Cc1cccc2c1cnn2C(=O)OC(C)(C)C)(C(C)C)C(C)C. The molecule has 0 saturated carbocycles. The number of fused-ring (bicyclic) bond motifs is 1. The summed E-state index contributed by atoms with van der Waals surface area (Å²) in [5.74, 6) is 3.48. The van der Waals surface area contributed by atoms with Crippen LogP contribution >= 0.6 is 0 Å². The van der Waals surface area contributed by atoms with Gasteiger partial charge < -0.3 is 4.74 Å². The van der Waals surface area contributed by atoms with E-state index in [9.17, 15) is 4.79 Å². The van der Waals surface area contributed by atoms with Crippen LogP contribution in [0.1, 0.15) is 67.9 Å². The summed E-state index contributed by atoms with van der Waals surface area (Å²) in [7, 11) is -1.82. The van der Waals surface area contributed by atoms with Gasteiger partial charge in [-0.15, -0.1) is 5.54 Å². The van der Waals surface area contributed by atoms with Gasteiger partial charge in [0.2, 0.25) is 0 Å². The van der Waals surface area contributed by atoms with Gasteiger partial charge in [0.1, 0.15) is 13.7 Å². The first-order chi connectivity index (χ1) is 12.9. The molecule has 0 aliphatic rings. The monoisotopic (exact) mass is 398 g/mol. The van der Waals surface area contributed by atoms with Crippen molar-refractivity contribution in [2.75, 3.05) is 0 Å². The average Bonchev–Trinajstić information content (AvgIpc) is 2.97. The van der Waals surface area contributed by atoms with E-state index in [0.29, 0.717) is 16.6 Å². The second kappa shape index (κ2) is 8.12. The molecule has 0 amide bonds. The van der Waals surface area contributed by atoms with Crippen molar-refractivity contribution in [3.05, 3.63) is 30.0 Å². The van der Waals surface area contributed by atoms with Crippen LogP contribution < -0.4 is 0 Å². The van der Waals surface area contributed by atoms with Gasteiger partial charge in [-0.1, -0.05) is 53.5 Å². The Morgan fingerprint density at radius 1 is 1.07 bits per heavy atom. The summed E-state index contributed by atoms with van der Waals surface area (Å²) in [4.78, 5) is 12.5. The molecular formula is C23H34N2O2Si. The number of hydrogen-bond acceptors (Lipinski definition) is 3. The lowest BCUT2D eigenvalue weighted by Gasteiger charge is -2.38. The molecular weight excluding hydrogens is 364 g/mol. The maximum absolute atomic E-state index is 12.5. The largest absolute Gasteiger partial charge is 0.442 e. The number of nitrogens with zero attached hydrogens (tertiary/aromatic N) is 2. The fourth-order valence-electron chi connectivity index (χ4n) is 4.22. The van der Waals surface area contributed by atoms with E-state index >= 15 is 0 Å². The van der Waals surface area contributed by atoms with Crippen molar-refractivity contribution in [2.45, 2.75) is 84.5 Å². The number of carbonyl (C=O) groups excluding carboxylic acids is 1. The molecule has 0 aliphatic heterocycles. The first kappa shape index (κ1) is 22.2. The van der Waals surface area contributed by atoms with E-state index in [1.165, 1.54) is 4.68 Å². The maximum atomic E-state index is 12.5. The highest BCUT2D eigenvalue weighted by molar-refractivity contribution is 6.90. The first-order valence-corrected chi connectivity index (χ1v) is 12.4. The first-order valence-electron chi connectivity index (χ1n) is 10.1. The van der Waals surface area contributed by atoms with Gasteiger partial charge in [0, 0.05) is 10.9 Å². The lowest BCUT2D eigenvalue weighted by atomic mass is 10.1. The van der Waals surface area contributed by atoms with Gasteiger partial charge >= 0.3 is 6.09 Å². The molecule has 0 radical (unpaired) electrons. The van der Waals surface area contributed by atoms with E-state index < -0.39 is 19.8 Å². The van der Waals surface area contributed by atoms with E-state index in [4.69, 9.17) is 4.74 Å². The molecule has 1 aromatic heterocycles. The van der Waals surface area contributed by atoms with Crippen LogP contribution in [0.3, 0.4) is 0 Å². The van der Waals surface area contributed by atoms with E-state index in [-0.39, 0.29) is 0 Å². The number of carbonyl (C=O) groups is 1. The van der Waals surface area contributed by atoms with E-state index in [0.717, 1.165) is 16.5 Å². The fourth-order valence-corrected chi connectivity index (χ4v) is 9.44. The Balaban J connectivity index is 2.54. The van der Waals surface area contributed by atoms with Crippen LogP contribution in [0.2, 0.25) is 16.6 Å². The molecule has 0 aliphatic carbocycles. The zero-order valence-electron chi connectivity index (χ0n) is 18.8. The van der Waals surface area contributed by atoms with Crippen molar-refractivity contribution in [1.29, 1.82) is 0 Å². The maximum Gasteiger partial charge on any atom is 0.435 e. The molecule has 4 nitrogen and oxygen atoms in total. The molecule has 1 aromatic carbocycles. The molecule has 0 N–H and O–H groups in total. The fraction of sp³-hybridized carbons (Fsp3) is 0.565. The molecule has 0 unspecified atom stereocenters. The number of benzene rings is 1. The van der Waals surface area contributed by atoms with Gasteiger partial charge in [0.25, 0.3) is 0 Å². The number of aromatic nitrogens is 2. The van der Waals surface area contributed by atoms with E-state index in [1.54, 1.807) is 6.20 Å². The molecule has 1 heterocycles. The Kier molecular flexibility index (Phi) is 6.45. The summed E-state index contributed by atoms with van der Waals surface area (Å²) in [6.45, 7) is 19.4. The van der Waals surface area contributed by atoms with Crippen molar-refractivity contribution in [1.82, 2.24) is 9.78 Å². The van der Waals surface area contributed by atoms with Crippen molar-refractivity contribution >= 4 is 25.1 Å². The highest BCUT2D eigenvalue weighted by Crippen LogP contribution is 2.40. The molecule has 0 fully saturated rings. The minimum absolute atomic E-state index is 0.470. The molecule has 0 spiro atoms. The van der Waals surface area contributed by atoms with Gasteiger partial charge in [-0.3, -0.25) is 0 Å². The van der Waals surface area contributed by atoms with Crippen molar-refractivity contribution < 1.29 is 9.53 Å². The minimum Gasteiger partial charge on any atom is -0.442 e. The molecule has 152 valence electrons. The van der Waals surface area contributed by atoms with Crippen molar-refractivity contribution in [2.24, 2.45) is 0 Å². The average molecular weight is 399 g/mol. The topological polar surface area (TPSA) is 44.1 Å². The van der Waals surface area contributed by atoms with Gasteiger partial charge in [0.15, 0.2) is 0 Å². The number of hydrogen-bond donors (Lipinski definition) is 0.